The molecule has 0 aliphatic heterocycles. The summed E-state index contributed by atoms with van der Waals surface area (Å²) in [5, 5.41) is 0.804. The van der Waals surface area contributed by atoms with E-state index in [0.717, 1.165) is 12.1 Å². The molecule has 0 amide bonds. The van der Waals surface area contributed by atoms with Crippen molar-refractivity contribution in [1.29, 1.82) is 0 Å². The summed E-state index contributed by atoms with van der Waals surface area (Å²) in [6.45, 7) is 0. The molecular formula is C19H11F3N2O. The highest BCUT2D eigenvalue weighted by Crippen LogP contribution is 2.34. The molecule has 3 heterocycles. The van der Waals surface area contributed by atoms with Crippen LogP contribution in [0.25, 0.3) is 27.5 Å². The maximum atomic E-state index is 13.1. The molecule has 0 saturated heterocycles. The van der Waals surface area contributed by atoms with E-state index in [-0.39, 0.29) is 11.1 Å². The number of rotatable bonds is 1. The molecule has 0 aliphatic carbocycles. The summed E-state index contributed by atoms with van der Waals surface area (Å²) < 4.78 is 40.8. The molecule has 0 saturated carbocycles. The second kappa shape index (κ2) is 5.44. The van der Waals surface area contributed by atoms with Gasteiger partial charge in [-0.2, -0.15) is 13.2 Å². The fourth-order valence-electron chi connectivity index (χ4n) is 2.98. The van der Waals surface area contributed by atoms with E-state index in [1.165, 1.54) is 10.5 Å². The molecule has 6 heteroatoms. The Kier molecular flexibility index (Phi) is 3.35. The number of fused-ring (bicyclic) bond motifs is 3. The van der Waals surface area contributed by atoms with E-state index in [1.54, 1.807) is 48.8 Å². The summed E-state index contributed by atoms with van der Waals surface area (Å²) in [7, 11) is 0. The predicted octanol–water partition coefficient (Wildman–Crippen LogP) is 4.53. The lowest BCUT2D eigenvalue weighted by atomic mass is 10.00. The minimum atomic E-state index is -4.46. The van der Waals surface area contributed by atoms with Gasteiger partial charge in [0, 0.05) is 17.8 Å². The SMILES string of the molecule is O=c1c(-c2ccccn2)c2ccc(C(F)(F)F)cc2c2ccccn12. The van der Waals surface area contributed by atoms with Crippen LogP contribution in [-0.4, -0.2) is 9.38 Å². The molecule has 3 aromatic heterocycles. The number of pyridine rings is 3. The van der Waals surface area contributed by atoms with Crippen molar-refractivity contribution < 1.29 is 13.2 Å². The number of halogens is 3. The third-order valence-corrected chi connectivity index (χ3v) is 4.11. The molecule has 0 fully saturated rings. The van der Waals surface area contributed by atoms with Crippen LogP contribution in [0.5, 0.6) is 0 Å². The Bertz CT molecular complexity index is 1150. The van der Waals surface area contributed by atoms with E-state index in [2.05, 4.69) is 4.98 Å². The predicted molar refractivity (Wildman–Crippen MR) is 89.4 cm³/mol. The van der Waals surface area contributed by atoms with Gasteiger partial charge in [0.05, 0.1) is 22.3 Å². The van der Waals surface area contributed by atoms with Crippen LogP contribution in [0.3, 0.4) is 0 Å². The maximum Gasteiger partial charge on any atom is 0.416 e. The van der Waals surface area contributed by atoms with Crippen molar-refractivity contribution in [2.45, 2.75) is 6.18 Å². The van der Waals surface area contributed by atoms with E-state index in [9.17, 15) is 18.0 Å². The quantitative estimate of drug-likeness (QED) is 0.477. The van der Waals surface area contributed by atoms with Crippen LogP contribution in [0, 0.1) is 0 Å². The van der Waals surface area contributed by atoms with Crippen LogP contribution in [-0.2, 0) is 6.18 Å². The van der Waals surface area contributed by atoms with Gasteiger partial charge in [-0.15, -0.1) is 0 Å². The summed E-state index contributed by atoms with van der Waals surface area (Å²) in [4.78, 5) is 17.1. The average molecular weight is 340 g/mol. The Morgan fingerprint density at radius 2 is 1.72 bits per heavy atom. The molecule has 0 bridgehead atoms. The monoisotopic (exact) mass is 340 g/mol. The number of nitrogens with zero attached hydrogens (tertiary/aromatic N) is 2. The molecule has 3 nitrogen and oxygen atoms in total. The molecular weight excluding hydrogens is 329 g/mol. The van der Waals surface area contributed by atoms with Crippen molar-refractivity contribution in [3.05, 3.63) is 82.9 Å². The molecule has 124 valence electrons. The first kappa shape index (κ1) is 15.4. The normalized spacial score (nSPS) is 12.0. The van der Waals surface area contributed by atoms with Crippen LogP contribution < -0.4 is 5.56 Å². The summed E-state index contributed by atoms with van der Waals surface area (Å²) in [5.41, 5.74) is 0.0646. The zero-order valence-electron chi connectivity index (χ0n) is 12.8. The Balaban J connectivity index is 2.21. The summed E-state index contributed by atoms with van der Waals surface area (Å²) in [6, 6.07) is 13.5. The Morgan fingerprint density at radius 1 is 0.920 bits per heavy atom. The van der Waals surface area contributed by atoms with Crippen LogP contribution in [0.2, 0.25) is 0 Å². The Morgan fingerprint density at radius 3 is 2.44 bits per heavy atom. The third kappa shape index (κ3) is 2.46. The summed E-state index contributed by atoms with van der Waals surface area (Å²) in [5.74, 6) is 0. The lowest BCUT2D eigenvalue weighted by Crippen LogP contribution is -2.17. The molecule has 0 unspecified atom stereocenters. The Hall–Kier alpha value is -3.15. The minimum Gasteiger partial charge on any atom is -0.283 e. The number of hydrogen-bond acceptors (Lipinski definition) is 2. The smallest absolute Gasteiger partial charge is 0.283 e. The van der Waals surface area contributed by atoms with E-state index in [1.807, 2.05) is 0 Å². The molecule has 0 aliphatic rings. The first-order valence-corrected chi connectivity index (χ1v) is 7.52. The topological polar surface area (TPSA) is 34.4 Å². The molecule has 4 rings (SSSR count). The minimum absolute atomic E-state index is 0.285. The van der Waals surface area contributed by atoms with Crippen molar-refractivity contribution in [2.24, 2.45) is 0 Å². The molecule has 0 radical (unpaired) electrons. The maximum absolute atomic E-state index is 13.1. The molecule has 25 heavy (non-hydrogen) atoms. The van der Waals surface area contributed by atoms with Gasteiger partial charge in [0.15, 0.2) is 0 Å². The third-order valence-electron chi connectivity index (χ3n) is 4.11. The molecule has 0 spiro atoms. The highest BCUT2D eigenvalue weighted by molar-refractivity contribution is 6.04. The fourth-order valence-corrected chi connectivity index (χ4v) is 2.98. The van der Waals surface area contributed by atoms with E-state index >= 15 is 0 Å². The van der Waals surface area contributed by atoms with Gasteiger partial charge >= 0.3 is 6.18 Å². The zero-order valence-corrected chi connectivity index (χ0v) is 12.8. The summed E-state index contributed by atoms with van der Waals surface area (Å²) >= 11 is 0. The fraction of sp³-hybridized carbons (Fsp3) is 0.0526. The highest BCUT2D eigenvalue weighted by Gasteiger charge is 2.31. The highest BCUT2D eigenvalue weighted by atomic mass is 19.4. The van der Waals surface area contributed by atoms with Gasteiger partial charge in [0.2, 0.25) is 0 Å². The molecule has 0 N–H and O–H groups in total. The molecule has 4 aromatic rings. The first-order valence-electron chi connectivity index (χ1n) is 7.52. The number of hydrogen-bond donors (Lipinski definition) is 0. The number of benzene rings is 1. The standard InChI is InChI=1S/C19H11F3N2O/c20-19(21,22)12-7-8-13-14(11-12)16-6-2-4-10-24(16)18(25)17(13)15-5-1-3-9-23-15/h1-11H. The van der Waals surface area contributed by atoms with Gasteiger partial charge in [0.1, 0.15) is 0 Å². The van der Waals surface area contributed by atoms with Crippen LogP contribution >= 0.6 is 0 Å². The Labute approximate surface area is 140 Å². The lowest BCUT2D eigenvalue weighted by Gasteiger charge is -2.13. The average Bonchev–Trinajstić information content (AvgIpc) is 2.62. The largest absolute Gasteiger partial charge is 0.416 e. The number of alkyl halides is 3. The first-order chi connectivity index (χ1) is 12.0. The van der Waals surface area contributed by atoms with Crippen LogP contribution in [0.15, 0.2) is 71.8 Å². The summed E-state index contributed by atoms with van der Waals surface area (Å²) in [6.07, 6.45) is -1.37. The van der Waals surface area contributed by atoms with Crippen molar-refractivity contribution >= 4 is 16.3 Å². The van der Waals surface area contributed by atoms with Crippen molar-refractivity contribution in [3.63, 3.8) is 0 Å². The zero-order chi connectivity index (χ0) is 17.6. The van der Waals surface area contributed by atoms with E-state index < -0.39 is 11.7 Å². The van der Waals surface area contributed by atoms with Gasteiger partial charge in [-0.3, -0.25) is 14.2 Å². The van der Waals surface area contributed by atoms with E-state index in [4.69, 9.17) is 0 Å². The second-order valence-electron chi connectivity index (χ2n) is 5.61. The van der Waals surface area contributed by atoms with Gasteiger partial charge in [0.25, 0.3) is 5.56 Å². The van der Waals surface area contributed by atoms with Gasteiger partial charge < -0.3 is 0 Å². The van der Waals surface area contributed by atoms with Gasteiger partial charge in [-0.25, -0.2) is 0 Å². The van der Waals surface area contributed by atoms with E-state index in [0.29, 0.717) is 22.0 Å². The van der Waals surface area contributed by atoms with Crippen molar-refractivity contribution in [2.75, 3.05) is 0 Å². The van der Waals surface area contributed by atoms with Crippen LogP contribution in [0.4, 0.5) is 13.2 Å². The van der Waals surface area contributed by atoms with Crippen molar-refractivity contribution in [1.82, 2.24) is 9.38 Å². The van der Waals surface area contributed by atoms with Crippen molar-refractivity contribution in [3.8, 4) is 11.3 Å². The number of aromatic nitrogens is 2. The van der Waals surface area contributed by atoms with Gasteiger partial charge in [-0.1, -0.05) is 18.2 Å². The molecule has 1 aromatic carbocycles. The second-order valence-corrected chi connectivity index (χ2v) is 5.61. The lowest BCUT2D eigenvalue weighted by molar-refractivity contribution is -0.137. The van der Waals surface area contributed by atoms with Crippen LogP contribution in [0.1, 0.15) is 5.56 Å². The molecule has 0 atom stereocenters. The van der Waals surface area contributed by atoms with Gasteiger partial charge in [-0.05, 0) is 41.8 Å².